The quantitative estimate of drug-likeness (QED) is 0.853. The van der Waals surface area contributed by atoms with Gasteiger partial charge in [-0.15, -0.1) is 0 Å². The molecule has 0 spiro atoms. The zero-order valence-electron chi connectivity index (χ0n) is 10.4. The molecule has 0 unspecified atom stereocenters. The molecule has 1 saturated carbocycles. The third-order valence-corrected chi connectivity index (χ3v) is 4.02. The van der Waals surface area contributed by atoms with Gasteiger partial charge < -0.3 is 10.1 Å². The number of hydrogen-bond donors (Lipinski definition) is 2. The number of para-hydroxylation sites is 1. The third kappa shape index (κ3) is 1.60. The van der Waals surface area contributed by atoms with Crippen molar-refractivity contribution in [3.63, 3.8) is 0 Å². The molecule has 2 N–H and O–H groups in total. The monoisotopic (exact) mass is 244 g/mol. The fourth-order valence-corrected chi connectivity index (χ4v) is 2.88. The van der Waals surface area contributed by atoms with E-state index in [4.69, 9.17) is 5.11 Å². The van der Waals surface area contributed by atoms with Gasteiger partial charge in [0.15, 0.2) is 0 Å². The van der Waals surface area contributed by atoms with Crippen molar-refractivity contribution in [3.05, 3.63) is 29.6 Å². The van der Waals surface area contributed by atoms with Gasteiger partial charge >= 0.3 is 5.97 Å². The van der Waals surface area contributed by atoms with Gasteiger partial charge in [-0.1, -0.05) is 25.8 Å². The second kappa shape index (κ2) is 3.83. The van der Waals surface area contributed by atoms with Crippen molar-refractivity contribution in [2.45, 2.75) is 38.0 Å². The van der Waals surface area contributed by atoms with Gasteiger partial charge in [-0.3, -0.25) is 0 Å². The first-order chi connectivity index (χ1) is 8.60. The molecule has 1 aliphatic rings. The standard InChI is InChI=1S/C14H16N2O2/c1-14(7-2-3-8-14)13-15-10-6-4-5-9(12(17)18)11(10)16-13/h4-6H,2-3,7-8H2,1H3,(H,15,16)(H,17,18). The third-order valence-electron chi connectivity index (χ3n) is 4.02. The molecule has 3 rings (SSSR count). The van der Waals surface area contributed by atoms with Crippen molar-refractivity contribution in [1.82, 2.24) is 9.97 Å². The van der Waals surface area contributed by atoms with E-state index >= 15 is 0 Å². The highest BCUT2D eigenvalue weighted by molar-refractivity contribution is 6.00. The number of H-pyrrole nitrogens is 1. The molecule has 1 aromatic heterocycles. The molecular weight excluding hydrogens is 228 g/mol. The van der Waals surface area contributed by atoms with E-state index in [0.717, 1.165) is 24.2 Å². The minimum Gasteiger partial charge on any atom is -0.478 e. The van der Waals surface area contributed by atoms with Crippen LogP contribution >= 0.6 is 0 Å². The van der Waals surface area contributed by atoms with Crippen molar-refractivity contribution in [1.29, 1.82) is 0 Å². The first-order valence-electron chi connectivity index (χ1n) is 6.33. The topological polar surface area (TPSA) is 66.0 Å². The Kier molecular flexibility index (Phi) is 2.40. The molecule has 4 nitrogen and oxygen atoms in total. The van der Waals surface area contributed by atoms with E-state index in [9.17, 15) is 4.79 Å². The zero-order valence-corrected chi connectivity index (χ0v) is 10.4. The number of hydrogen-bond acceptors (Lipinski definition) is 2. The fraction of sp³-hybridized carbons (Fsp3) is 0.429. The maximum absolute atomic E-state index is 11.2. The Hall–Kier alpha value is -1.84. The number of benzene rings is 1. The molecule has 0 amide bonds. The van der Waals surface area contributed by atoms with E-state index in [1.54, 1.807) is 12.1 Å². The molecule has 0 atom stereocenters. The Morgan fingerprint density at radius 1 is 1.39 bits per heavy atom. The predicted octanol–water partition coefficient (Wildman–Crippen LogP) is 3.09. The molecule has 1 aromatic carbocycles. The van der Waals surface area contributed by atoms with E-state index in [2.05, 4.69) is 16.9 Å². The summed E-state index contributed by atoms with van der Waals surface area (Å²) in [5, 5.41) is 9.17. The average Bonchev–Trinajstić information content (AvgIpc) is 2.94. The summed E-state index contributed by atoms with van der Waals surface area (Å²) >= 11 is 0. The molecule has 18 heavy (non-hydrogen) atoms. The summed E-state index contributed by atoms with van der Waals surface area (Å²) in [5.74, 6) is 0.0129. The SMILES string of the molecule is CC1(c2nc3c(C(=O)O)cccc3[nH]2)CCCC1. The van der Waals surface area contributed by atoms with Crippen molar-refractivity contribution in [3.8, 4) is 0 Å². The number of carboxylic acid groups (broad SMARTS) is 1. The number of nitrogens with zero attached hydrogens (tertiary/aromatic N) is 1. The molecule has 2 aromatic rings. The maximum Gasteiger partial charge on any atom is 0.337 e. The van der Waals surface area contributed by atoms with Crippen LogP contribution in [0.2, 0.25) is 0 Å². The van der Waals surface area contributed by atoms with Crippen molar-refractivity contribution >= 4 is 17.0 Å². The van der Waals surface area contributed by atoms with Gasteiger partial charge in [-0.05, 0) is 25.0 Å². The maximum atomic E-state index is 11.2. The lowest BCUT2D eigenvalue weighted by Gasteiger charge is -2.19. The number of rotatable bonds is 2. The van der Waals surface area contributed by atoms with Crippen LogP contribution in [0, 0.1) is 0 Å². The first kappa shape index (κ1) is 11.3. The number of carboxylic acids is 1. The Balaban J connectivity index is 2.16. The second-order valence-corrected chi connectivity index (χ2v) is 5.36. The highest BCUT2D eigenvalue weighted by Crippen LogP contribution is 2.39. The lowest BCUT2D eigenvalue weighted by Crippen LogP contribution is -2.18. The normalized spacial score (nSPS) is 18.3. The second-order valence-electron chi connectivity index (χ2n) is 5.36. The molecular formula is C14H16N2O2. The Bertz CT molecular complexity index is 609. The summed E-state index contributed by atoms with van der Waals surface area (Å²) in [6, 6.07) is 5.24. The van der Waals surface area contributed by atoms with Crippen LogP contribution < -0.4 is 0 Å². The lowest BCUT2D eigenvalue weighted by molar-refractivity contribution is 0.0699. The van der Waals surface area contributed by atoms with E-state index in [-0.39, 0.29) is 11.0 Å². The van der Waals surface area contributed by atoms with Crippen LogP contribution in [0.4, 0.5) is 0 Å². The highest BCUT2D eigenvalue weighted by atomic mass is 16.4. The van der Waals surface area contributed by atoms with Gasteiger partial charge in [0.05, 0.1) is 11.1 Å². The average molecular weight is 244 g/mol. The van der Waals surface area contributed by atoms with Gasteiger partial charge in [0, 0.05) is 5.41 Å². The van der Waals surface area contributed by atoms with Crippen molar-refractivity contribution in [2.75, 3.05) is 0 Å². The zero-order chi connectivity index (χ0) is 12.8. The van der Waals surface area contributed by atoms with Crippen LogP contribution in [-0.2, 0) is 5.41 Å². The van der Waals surface area contributed by atoms with Crippen LogP contribution in [0.5, 0.6) is 0 Å². The molecule has 0 saturated heterocycles. The summed E-state index contributed by atoms with van der Waals surface area (Å²) < 4.78 is 0. The number of aromatic nitrogens is 2. The van der Waals surface area contributed by atoms with Crippen molar-refractivity contribution in [2.24, 2.45) is 0 Å². The van der Waals surface area contributed by atoms with Gasteiger partial charge in [0.25, 0.3) is 0 Å². The number of imidazole rings is 1. The summed E-state index contributed by atoms with van der Waals surface area (Å²) in [6.45, 7) is 2.21. The van der Waals surface area contributed by atoms with E-state index < -0.39 is 5.97 Å². The number of aromatic carboxylic acids is 1. The van der Waals surface area contributed by atoms with Crippen LogP contribution in [0.1, 0.15) is 48.8 Å². The van der Waals surface area contributed by atoms with Crippen LogP contribution in [0.15, 0.2) is 18.2 Å². The summed E-state index contributed by atoms with van der Waals surface area (Å²) in [5.41, 5.74) is 1.75. The number of fused-ring (bicyclic) bond motifs is 1. The van der Waals surface area contributed by atoms with Gasteiger partial charge in [0.2, 0.25) is 0 Å². The highest BCUT2D eigenvalue weighted by Gasteiger charge is 2.33. The summed E-state index contributed by atoms with van der Waals surface area (Å²) in [4.78, 5) is 19.0. The largest absolute Gasteiger partial charge is 0.478 e. The molecule has 0 aliphatic heterocycles. The van der Waals surface area contributed by atoms with Gasteiger partial charge in [-0.25, -0.2) is 9.78 Å². The first-order valence-corrected chi connectivity index (χ1v) is 6.33. The van der Waals surface area contributed by atoms with E-state index in [0.29, 0.717) is 5.52 Å². The smallest absolute Gasteiger partial charge is 0.337 e. The number of nitrogens with one attached hydrogen (secondary N) is 1. The number of aromatic amines is 1. The molecule has 1 heterocycles. The Morgan fingerprint density at radius 3 is 2.78 bits per heavy atom. The Morgan fingerprint density at radius 2 is 2.11 bits per heavy atom. The van der Waals surface area contributed by atoms with Crippen LogP contribution in [0.3, 0.4) is 0 Å². The van der Waals surface area contributed by atoms with Gasteiger partial charge in [0.1, 0.15) is 11.3 Å². The van der Waals surface area contributed by atoms with Gasteiger partial charge in [-0.2, -0.15) is 0 Å². The predicted molar refractivity (Wildman–Crippen MR) is 68.9 cm³/mol. The summed E-state index contributed by atoms with van der Waals surface area (Å²) in [7, 11) is 0. The molecule has 0 bridgehead atoms. The minimum atomic E-state index is -0.921. The van der Waals surface area contributed by atoms with E-state index in [1.165, 1.54) is 12.8 Å². The van der Waals surface area contributed by atoms with Crippen LogP contribution in [-0.4, -0.2) is 21.0 Å². The summed E-state index contributed by atoms with van der Waals surface area (Å²) in [6.07, 6.45) is 4.68. The minimum absolute atomic E-state index is 0.0782. The lowest BCUT2D eigenvalue weighted by atomic mass is 9.88. The molecule has 1 aliphatic carbocycles. The molecule has 1 fully saturated rings. The van der Waals surface area contributed by atoms with Crippen molar-refractivity contribution < 1.29 is 9.90 Å². The molecule has 94 valence electrons. The van der Waals surface area contributed by atoms with Crippen LogP contribution in [0.25, 0.3) is 11.0 Å². The molecule has 4 heteroatoms. The molecule has 0 radical (unpaired) electrons. The van der Waals surface area contributed by atoms with E-state index in [1.807, 2.05) is 6.07 Å². The Labute approximate surface area is 105 Å². The fourth-order valence-electron chi connectivity index (χ4n) is 2.88. The number of carbonyl (C=O) groups is 1.